The number of hydrogen-bond donors (Lipinski definition) is 1. The lowest BCUT2D eigenvalue weighted by Gasteiger charge is -2.30. The standard InChI is InChI=1S/C18H18ClFN2O2S/c19-13-5-6-16(22-7-9-24-10-8-22)15(11-13)21-18(23)12-25-17-4-2-1-3-14(17)20/h1-6,11H,7-10,12H2,(H,21,23). The molecule has 2 aromatic carbocycles. The number of nitrogens with one attached hydrogen (secondary N) is 1. The molecule has 4 nitrogen and oxygen atoms in total. The number of ether oxygens (including phenoxy) is 1. The minimum atomic E-state index is -0.322. The molecule has 0 bridgehead atoms. The summed E-state index contributed by atoms with van der Waals surface area (Å²) in [6.45, 7) is 2.82. The predicted molar refractivity (Wildman–Crippen MR) is 100 cm³/mol. The smallest absolute Gasteiger partial charge is 0.234 e. The first-order valence-corrected chi connectivity index (χ1v) is 9.29. The van der Waals surface area contributed by atoms with Gasteiger partial charge < -0.3 is 15.0 Å². The number of anilines is 2. The van der Waals surface area contributed by atoms with Crippen molar-refractivity contribution in [3.8, 4) is 0 Å². The van der Waals surface area contributed by atoms with E-state index in [0.717, 1.165) is 18.8 Å². The summed E-state index contributed by atoms with van der Waals surface area (Å²) in [5.74, 6) is -0.405. The van der Waals surface area contributed by atoms with Crippen molar-refractivity contribution in [2.75, 3.05) is 42.3 Å². The molecule has 1 aliphatic heterocycles. The highest BCUT2D eigenvalue weighted by molar-refractivity contribution is 8.00. The molecular formula is C18H18ClFN2O2S. The molecule has 132 valence electrons. The van der Waals surface area contributed by atoms with Crippen molar-refractivity contribution in [2.24, 2.45) is 0 Å². The normalized spacial score (nSPS) is 14.4. The second kappa shape index (κ2) is 8.56. The fourth-order valence-electron chi connectivity index (χ4n) is 2.58. The van der Waals surface area contributed by atoms with Gasteiger partial charge >= 0.3 is 0 Å². The topological polar surface area (TPSA) is 41.6 Å². The molecule has 0 unspecified atom stereocenters. The van der Waals surface area contributed by atoms with E-state index in [1.54, 1.807) is 30.3 Å². The van der Waals surface area contributed by atoms with E-state index in [0.29, 0.717) is 28.8 Å². The molecule has 0 saturated carbocycles. The second-order valence-corrected chi connectivity index (χ2v) is 6.98. The zero-order valence-electron chi connectivity index (χ0n) is 13.5. The number of benzene rings is 2. The fraction of sp³-hybridized carbons (Fsp3) is 0.278. The maximum atomic E-state index is 13.6. The molecule has 3 rings (SSSR count). The van der Waals surface area contributed by atoms with E-state index in [2.05, 4.69) is 10.2 Å². The number of carbonyl (C=O) groups is 1. The van der Waals surface area contributed by atoms with Gasteiger partial charge in [-0.2, -0.15) is 0 Å². The third kappa shape index (κ3) is 4.87. The van der Waals surface area contributed by atoms with Gasteiger partial charge in [-0.1, -0.05) is 23.7 Å². The highest BCUT2D eigenvalue weighted by atomic mass is 35.5. The highest BCUT2D eigenvalue weighted by Gasteiger charge is 2.17. The summed E-state index contributed by atoms with van der Waals surface area (Å²) in [6.07, 6.45) is 0. The van der Waals surface area contributed by atoms with Crippen LogP contribution in [0.4, 0.5) is 15.8 Å². The monoisotopic (exact) mass is 380 g/mol. The predicted octanol–water partition coefficient (Wildman–Crippen LogP) is 4.05. The first-order chi connectivity index (χ1) is 12.1. The number of nitrogens with zero attached hydrogens (tertiary/aromatic N) is 1. The summed E-state index contributed by atoms with van der Waals surface area (Å²) in [6, 6.07) is 11.8. The molecule has 7 heteroatoms. The van der Waals surface area contributed by atoms with Crippen LogP contribution in [0.15, 0.2) is 47.4 Å². The molecule has 0 aromatic heterocycles. The average Bonchev–Trinajstić information content (AvgIpc) is 2.62. The van der Waals surface area contributed by atoms with Gasteiger partial charge in [-0.15, -0.1) is 11.8 Å². The van der Waals surface area contributed by atoms with E-state index in [1.165, 1.54) is 17.8 Å². The Labute approximate surface area is 155 Å². The van der Waals surface area contributed by atoms with Gasteiger partial charge in [-0.25, -0.2) is 4.39 Å². The Hall–Kier alpha value is -1.76. The van der Waals surface area contributed by atoms with Crippen LogP contribution in [0.1, 0.15) is 0 Å². The van der Waals surface area contributed by atoms with Crippen LogP contribution in [-0.4, -0.2) is 38.0 Å². The van der Waals surface area contributed by atoms with Gasteiger partial charge in [0.1, 0.15) is 5.82 Å². The third-order valence-corrected chi connectivity index (χ3v) is 5.06. The number of halogens is 2. The Balaban J connectivity index is 1.68. The lowest BCUT2D eigenvalue weighted by molar-refractivity contribution is -0.113. The first-order valence-electron chi connectivity index (χ1n) is 7.93. The number of hydrogen-bond acceptors (Lipinski definition) is 4. The van der Waals surface area contributed by atoms with Crippen LogP contribution in [0.2, 0.25) is 5.02 Å². The van der Waals surface area contributed by atoms with Gasteiger partial charge in [-0.05, 0) is 30.3 Å². The number of amides is 1. The van der Waals surface area contributed by atoms with Gasteiger partial charge in [0, 0.05) is 23.0 Å². The molecule has 0 radical (unpaired) electrons. The van der Waals surface area contributed by atoms with Gasteiger partial charge in [0.05, 0.1) is 30.3 Å². The van der Waals surface area contributed by atoms with E-state index in [9.17, 15) is 9.18 Å². The second-order valence-electron chi connectivity index (χ2n) is 5.53. The molecule has 1 saturated heterocycles. The molecule has 1 fully saturated rings. The van der Waals surface area contributed by atoms with Crippen LogP contribution in [0, 0.1) is 5.82 Å². The van der Waals surface area contributed by atoms with Crippen LogP contribution >= 0.6 is 23.4 Å². The van der Waals surface area contributed by atoms with Gasteiger partial charge in [-0.3, -0.25) is 4.79 Å². The van der Waals surface area contributed by atoms with Crippen LogP contribution in [0.25, 0.3) is 0 Å². The van der Waals surface area contributed by atoms with E-state index < -0.39 is 0 Å². The number of carbonyl (C=O) groups excluding carboxylic acids is 1. The minimum absolute atomic E-state index is 0.121. The van der Waals surface area contributed by atoms with Crippen molar-refractivity contribution in [1.82, 2.24) is 0 Å². The number of rotatable bonds is 5. The van der Waals surface area contributed by atoms with Gasteiger partial charge in [0.2, 0.25) is 5.91 Å². The molecule has 1 heterocycles. The summed E-state index contributed by atoms with van der Waals surface area (Å²) in [5, 5.41) is 3.44. The van der Waals surface area contributed by atoms with Crippen molar-refractivity contribution < 1.29 is 13.9 Å². The lowest BCUT2D eigenvalue weighted by atomic mass is 10.2. The highest BCUT2D eigenvalue weighted by Crippen LogP contribution is 2.30. The number of morpholine rings is 1. The van der Waals surface area contributed by atoms with Crippen molar-refractivity contribution in [2.45, 2.75) is 4.90 Å². The Morgan fingerprint density at radius 2 is 2.00 bits per heavy atom. The largest absolute Gasteiger partial charge is 0.378 e. The van der Waals surface area contributed by atoms with Crippen molar-refractivity contribution in [1.29, 1.82) is 0 Å². The molecule has 1 N–H and O–H groups in total. The Kier molecular flexibility index (Phi) is 6.18. The molecule has 1 amide bonds. The fourth-order valence-corrected chi connectivity index (χ4v) is 3.49. The molecule has 1 aliphatic rings. The first kappa shape index (κ1) is 18.0. The summed E-state index contributed by atoms with van der Waals surface area (Å²) in [5.41, 5.74) is 1.57. The lowest BCUT2D eigenvalue weighted by Crippen LogP contribution is -2.36. The van der Waals surface area contributed by atoms with Crippen LogP contribution in [0.5, 0.6) is 0 Å². The quantitative estimate of drug-likeness (QED) is 0.795. The van der Waals surface area contributed by atoms with E-state index in [1.807, 2.05) is 6.07 Å². The summed E-state index contributed by atoms with van der Waals surface area (Å²) in [7, 11) is 0. The van der Waals surface area contributed by atoms with E-state index in [4.69, 9.17) is 16.3 Å². The summed E-state index contributed by atoms with van der Waals surface area (Å²) >= 11 is 7.25. The van der Waals surface area contributed by atoms with Crippen molar-refractivity contribution in [3.63, 3.8) is 0 Å². The zero-order chi connectivity index (χ0) is 17.6. The molecule has 2 aromatic rings. The van der Waals surface area contributed by atoms with Gasteiger partial charge in [0.15, 0.2) is 0 Å². The van der Waals surface area contributed by atoms with Crippen molar-refractivity contribution in [3.05, 3.63) is 53.3 Å². The average molecular weight is 381 g/mol. The molecule has 0 atom stereocenters. The van der Waals surface area contributed by atoms with E-state index >= 15 is 0 Å². The zero-order valence-corrected chi connectivity index (χ0v) is 15.1. The van der Waals surface area contributed by atoms with E-state index in [-0.39, 0.29) is 17.5 Å². The molecule has 0 aliphatic carbocycles. The maximum Gasteiger partial charge on any atom is 0.234 e. The summed E-state index contributed by atoms with van der Waals surface area (Å²) in [4.78, 5) is 14.9. The number of thioether (sulfide) groups is 1. The van der Waals surface area contributed by atoms with Crippen LogP contribution < -0.4 is 10.2 Å². The Morgan fingerprint density at radius 3 is 2.76 bits per heavy atom. The molecular weight excluding hydrogens is 363 g/mol. The third-order valence-electron chi connectivity index (χ3n) is 3.78. The Bertz CT molecular complexity index is 754. The maximum absolute atomic E-state index is 13.6. The van der Waals surface area contributed by atoms with Gasteiger partial charge in [0.25, 0.3) is 0 Å². The summed E-state index contributed by atoms with van der Waals surface area (Å²) < 4.78 is 19.0. The van der Waals surface area contributed by atoms with Crippen LogP contribution in [-0.2, 0) is 9.53 Å². The molecule has 0 spiro atoms. The van der Waals surface area contributed by atoms with Crippen molar-refractivity contribution >= 4 is 40.6 Å². The van der Waals surface area contributed by atoms with Crippen LogP contribution in [0.3, 0.4) is 0 Å². The SMILES string of the molecule is O=C(CSc1ccccc1F)Nc1cc(Cl)ccc1N1CCOCC1. The molecule has 25 heavy (non-hydrogen) atoms. The minimum Gasteiger partial charge on any atom is -0.378 e. The Morgan fingerprint density at radius 1 is 1.24 bits per heavy atom.